The Balaban J connectivity index is 1.14. The molecule has 5 heteroatoms. The number of hydrogen-bond donors (Lipinski definition) is 0. The van der Waals surface area contributed by atoms with Gasteiger partial charge in [0.2, 0.25) is 0 Å². The maximum absolute atomic E-state index is 9.04. The molecule has 12 aromatic rings. The van der Waals surface area contributed by atoms with Gasteiger partial charge in [-0.15, -0.1) is 0 Å². The summed E-state index contributed by atoms with van der Waals surface area (Å²) in [5.74, 6) is 0.407. The average Bonchev–Trinajstić information content (AvgIpc) is 3.93. The van der Waals surface area contributed by atoms with Gasteiger partial charge in [-0.05, 0) is 69.8 Å². The molecule has 0 fully saturated rings. The first-order valence-corrected chi connectivity index (χ1v) is 20.4. The van der Waals surface area contributed by atoms with Gasteiger partial charge in [0.1, 0.15) is 11.2 Å². The van der Waals surface area contributed by atoms with E-state index in [4.69, 9.17) is 26.2 Å². The lowest BCUT2D eigenvalue weighted by Gasteiger charge is -2.14. The first kappa shape index (κ1) is 30.6. The van der Waals surface area contributed by atoms with E-state index in [1.807, 2.05) is 103 Å². The largest absolute Gasteiger partial charge is 0.455 e. The van der Waals surface area contributed by atoms with Gasteiger partial charge in [0.05, 0.1) is 23.5 Å². The molecule has 0 N–H and O–H groups in total. The van der Waals surface area contributed by atoms with Gasteiger partial charge in [0.15, 0.2) is 17.5 Å². The van der Waals surface area contributed by atoms with Gasteiger partial charge in [-0.2, -0.15) is 0 Å². The lowest BCUT2D eigenvalue weighted by Crippen LogP contribution is -2.02. The van der Waals surface area contributed by atoms with E-state index in [1.54, 1.807) is 0 Å². The second-order valence-corrected chi connectivity index (χ2v) is 15.2. The van der Waals surface area contributed by atoms with E-state index in [2.05, 4.69) is 89.5 Å². The standard InChI is InChI=1S/C57H36N4O/c1-4-16-37(17-5-1)38-28-30-39(31-29-38)42-32-33-47-49-35-43(61-51-26-14-12-23-45(51)46-24-13-15-27-52(46)61)36-50(54(49)62-53(47)34-42)57-59-55(41-20-8-3-9-21-41)58-56(60-57)48-25-11-10-22-44(48)40-18-6-2-7-19-40/h1-36H/i3D,8D,9D,20D,21D. The Morgan fingerprint density at radius 2 is 0.903 bits per heavy atom. The van der Waals surface area contributed by atoms with Crippen LogP contribution in [-0.2, 0) is 0 Å². The first-order valence-electron chi connectivity index (χ1n) is 22.9. The summed E-state index contributed by atoms with van der Waals surface area (Å²) >= 11 is 0. The quantitative estimate of drug-likeness (QED) is 0.161. The van der Waals surface area contributed by atoms with Crippen LogP contribution >= 0.6 is 0 Å². The zero-order chi connectivity index (χ0) is 45.3. The molecular formula is C57H36N4O. The van der Waals surface area contributed by atoms with Crippen molar-refractivity contribution in [2.24, 2.45) is 0 Å². The number of hydrogen-bond acceptors (Lipinski definition) is 4. The van der Waals surface area contributed by atoms with Crippen LogP contribution in [0.1, 0.15) is 6.85 Å². The van der Waals surface area contributed by atoms with E-state index in [-0.39, 0.29) is 23.0 Å². The van der Waals surface area contributed by atoms with Crippen molar-refractivity contribution in [2.45, 2.75) is 0 Å². The predicted molar refractivity (Wildman–Crippen MR) is 254 cm³/mol. The molecule has 0 saturated carbocycles. The number of aromatic nitrogens is 4. The summed E-state index contributed by atoms with van der Waals surface area (Å²) in [6, 6.07) is 61.2. The second kappa shape index (κ2) is 14.7. The molecule has 3 heterocycles. The number of para-hydroxylation sites is 2. The van der Waals surface area contributed by atoms with Crippen molar-refractivity contribution in [1.29, 1.82) is 0 Å². The highest BCUT2D eigenvalue weighted by Gasteiger charge is 2.22. The number of fused-ring (bicyclic) bond motifs is 6. The maximum atomic E-state index is 9.04. The van der Waals surface area contributed by atoms with Gasteiger partial charge in [-0.25, -0.2) is 15.0 Å². The highest BCUT2D eigenvalue weighted by molar-refractivity contribution is 6.13. The molecule has 0 saturated heterocycles. The van der Waals surface area contributed by atoms with Crippen molar-refractivity contribution < 1.29 is 11.3 Å². The Morgan fingerprint density at radius 3 is 1.60 bits per heavy atom. The van der Waals surface area contributed by atoms with Crippen LogP contribution in [0.3, 0.4) is 0 Å². The van der Waals surface area contributed by atoms with E-state index in [0.717, 1.165) is 71.6 Å². The molecule has 0 aliphatic carbocycles. The molecule has 0 aliphatic rings. The van der Waals surface area contributed by atoms with E-state index in [0.29, 0.717) is 22.3 Å². The first-order chi connectivity index (χ1) is 32.8. The summed E-state index contributed by atoms with van der Waals surface area (Å²) in [6.45, 7) is 0. The molecule has 0 unspecified atom stereocenters. The molecule has 5 nitrogen and oxygen atoms in total. The fourth-order valence-corrected chi connectivity index (χ4v) is 8.66. The predicted octanol–water partition coefficient (Wildman–Crippen LogP) is 14.9. The van der Waals surface area contributed by atoms with E-state index < -0.39 is 30.2 Å². The molecule has 0 spiro atoms. The molecule has 12 rings (SSSR count). The Morgan fingerprint density at radius 1 is 0.371 bits per heavy atom. The molecular weight excluding hydrogens is 757 g/mol. The molecule has 3 aromatic heterocycles. The zero-order valence-electron chi connectivity index (χ0n) is 38.1. The molecule has 62 heavy (non-hydrogen) atoms. The SMILES string of the molecule is [2H]c1c([2H])c([2H])c(-c2nc(-c3ccccc3-c3ccccc3)nc(-c3cc(-n4c5ccccc5c5ccccc54)cc4c3oc3cc(-c5ccc(-c6ccccc6)cc5)ccc34)n2)c([2H])c1[2H]. The highest BCUT2D eigenvalue weighted by atomic mass is 16.3. The smallest absolute Gasteiger partial charge is 0.167 e. The van der Waals surface area contributed by atoms with Crippen molar-refractivity contribution in [3.63, 3.8) is 0 Å². The van der Waals surface area contributed by atoms with Crippen LogP contribution in [0.4, 0.5) is 0 Å². The molecule has 9 aromatic carbocycles. The minimum Gasteiger partial charge on any atom is -0.455 e. The average molecular weight is 798 g/mol. The lowest BCUT2D eigenvalue weighted by atomic mass is 9.99. The van der Waals surface area contributed by atoms with Crippen molar-refractivity contribution >= 4 is 43.7 Å². The number of benzene rings is 9. The van der Waals surface area contributed by atoms with Crippen LogP contribution in [0.15, 0.2) is 223 Å². The molecule has 0 amide bonds. The Labute approximate surface area is 364 Å². The molecule has 290 valence electrons. The van der Waals surface area contributed by atoms with Gasteiger partial charge in [-0.1, -0.05) is 182 Å². The number of rotatable bonds is 7. The van der Waals surface area contributed by atoms with Crippen molar-refractivity contribution in [3.8, 4) is 73.2 Å². The normalized spacial score (nSPS) is 12.7. The maximum Gasteiger partial charge on any atom is 0.167 e. The summed E-state index contributed by atoms with van der Waals surface area (Å²) in [5, 5.41) is 3.91. The molecule has 0 atom stereocenters. The summed E-state index contributed by atoms with van der Waals surface area (Å²) < 4.78 is 52.9. The fourth-order valence-electron chi connectivity index (χ4n) is 8.66. The third-order valence-electron chi connectivity index (χ3n) is 11.6. The van der Waals surface area contributed by atoms with Gasteiger partial charge in [0.25, 0.3) is 0 Å². The third-order valence-corrected chi connectivity index (χ3v) is 11.6. The van der Waals surface area contributed by atoms with Crippen LogP contribution < -0.4 is 0 Å². The van der Waals surface area contributed by atoms with Crippen molar-refractivity contribution in [2.75, 3.05) is 0 Å². The summed E-state index contributed by atoms with van der Waals surface area (Å²) in [5.41, 5.74) is 11.2. The molecule has 0 aliphatic heterocycles. The van der Waals surface area contributed by atoms with Gasteiger partial charge < -0.3 is 8.98 Å². The van der Waals surface area contributed by atoms with Crippen molar-refractivity contribution in [1.82, 2.24) is 19.5 Å². The minimum absolute atomic E-state index is 0.0624. The van der Waals surface area contributed by atoms with Crippen molar-refractivity contribution in [3.05, 3.63) is 218 Å². The van der Waals surface area contributed by atoms with Crippen LogP contribution in [0.2, 0.25) is 0 Å². The van der Waals surface area contributed by atoms with Crippen LogP contribution in [0, 0.1) is 0 Å². The monoisotopic (exact) mass is 797 g/mol. The van der Waals surface area contributed by atoms with Gasteiger partial charge >= 0.3 is 0 Å². The van der Waals surface area contributed by atoms with E-state index in [1.165, 1.54) is 0 Å². The van der Waals surface area contributed by atoms with Gasteiger partial charge in [-0.3, -0.25) is 0 Å². The summed E-state index contributed by atoms with van der Waals surface area (Å²) in [7, 11) is 0. The van der Waals surface area contributed by atoms with E-state index in [9.17, 15) is 0 Å². The second-order valence-electron chi connectivity index (χ2n) is 15.2. The topological polar surface area (TPSA) is 56.7 Å². The zero-order valence-corrected chi connectivity index (χ0v) is 33.1. The number of furan rings is 1. The Bertz CT molecular complexity index is 3840. The Kier molecular flexibility index (Phi) is 7.25. The highest BCUT2D eigenvalue weighted by Crippen LogP contribution is 2.42. The van der Waals surface area contributed by atoms with Crippen LogP contribution in [0.25, 0.3) is 117 Å². The number of nitrogens with zero attached hydrogens (tertiary/aromatic N) is 4. The van der Waals surface area contributed by atoms with Crippen LogP contribution in [0.5, 0.6) is 0 Å². The summed E-state index contributed by atoms with van der Waals surface area (Å²) in [4.78, 5) is 15.2. The Hall–Kier alpha value is -8.41. The minimum atomic E-state index is -0.503. The van der Waals surface area contributed by atoms with Crippen LogP contribution in [-0.4, -0.2) is 19.5 Å². The lowest BCUT2D eigenvalue weighted by molar-refractivity contribution is 0.669. The third kappa shape index (κ3) is 6.06. The molecule has 0 radical (unpaired) electrons. The summed E-state index contributed by atoms with van der Waals surface area (Å²) in [6.07, 6.45) is 0. The van der Waals surface area contributed by atoms with E-state index >= 15 is 0 Å². The molecule has 0 bridgehead atoms. The fraction of sp³-hybridized carbons (Fsp3) is 0. The van der Waals surface area contributed by atoms with Gasteiger partial charge in [0, 0.05) is 38.4 Å².